The van der Waals surface area contributed by atoms with E-state index in [-0.39, 0.29) is 18.2 Å². The standard InChI is InChI=1S/C17H26N8O5/c1-24(16(20)21)6-4-9(18)8-12(26)22-10-2-3-13(30-14(10)15(27)28)25-7-5-11(19)23-17(25)29/h2-3,5,7,9-10,13-14H,4,6,8,18H2,1H3,(H3,20,21)(H,22,26)(H,27,28)(H2,19,23,29)/t9-,10+,13-,14+/m1/s1. The van der Waals surface area contributed by atoms with Gasteiger partial charge in [0.1, 0.15) is 5.82 Å². The lowest BCUT2D eigenvalue weighted by Crippen LogP contribution is -2.51. The van der Waals surface area contributed by atoms with Crippen LogP contribution in [0.4, 0.5) is 5.82 Å². The Hall–Kier alpha value is -3.45. The van der Waals surface area contributed by atoms with Gasteiger partial charge in [-0.2, -0.15) is 4.98 Å². The first-order valence-electron chi connectivity index (χ1n) is 9.10. The maximum Gasteiger partial charge on any atom is 0.351 e. The fourth-order valence-corrected chi connectivity index (χ4v) is 2.77. The van der Waals surface area contributed by atoms with Gasteiger partial charge in [0.25, 0.3) is 0 Å². The van der Waals surface area contributed by atoms with Gasteiger partial charge in [-0.3, -0.25) is 14.8 Å². The van der Waals surface area contributed by atoms with Gasteiger partial charge in [0.2, 0.25) is 5.91 Å². The predicted octanol–water partition coefficient (Wildman–Crippen LogP) is -2.22. The first-order valence-corrected chi connectivity index (χ1v) is 9.10. The third-order valence-electron chi connectivity index (χ3n) is 4.49. The molecule has 1 aliphatic heterocycles. The van der Waals surface area contributed by atoms with Crippen LogP contribution >= 0.6 is 0 Å². The Morgan fingerprint density at radius 1 is 1.47 bits per heavy atom. The number of carbonyl (C=O) groups excluding carboxylic acids is 1. The minimum Gasteiger partial charge on any atom is -0.479 e. The number of carbonyl (C=O) groups is 2. The average molecular weight is 422 g/mol. The van der Waals surface area contributed by atoms with Crippen molar-refractivity contribution in [3.63, 3.8) is 0 Å². The van der Waals surface area contributed by atoms with Gasteiger partial charge in [-0.15, -0.1) is 0 Å². The molecular weight excluding hydrogens is 396 g/mol. The van der Waals surface area contributed by atoms with E-state index in [2.05, 4.69) is 10.3 Å². The molecule has 0 spiro atoms. The van der Waals surface area contributed by atoms with Gasteiger partial charge in [-0.05, 0) is 18.6 Å². The third-order valence-corrected chi connectivity index (χ3v) is 4.49. The summed E-state index contributed by atoms with van der Waals surface area (Å²) in [6.07, 6.45) is 2.17. The average Bonchev–Trinajstić information content (AvgIpc) is 2.66. The second-order valence-corrected chi connectivity index (χ2v) is 6.87. The van der Waals surface area contributed by atoms with E-state index in [0.29, 0.717) is 13.0 Å². The van der Waals surface area contributed by atoms with Crippen LogP contribution in [0, 0.1) is 5.41 Å². The molecule has 1 aromatic rings. The molecule has 0 radical (unpaired) electrons. The van der Waals surface area contributed by atoms with Gasteiger partial charge in [0, 0.05) is 32.3 Å². The molecule has 1 aliphatic rings. The number of ether oxygens (including phenoxy) is 1. The van der Waals surface area contributed by atoms with Gasteiger partial charge in [0.05, 0.1) is 6.04 Å². The molecule has 0 bridgehead atoms. The van der Waals surface area contributed by atoms with Crippen molar-refractivity contribution in [2.45, 2.75) is 37.3 Å². The maximum atomic E-state index is 12.3. The van der Waals surface area contributed by atoms with Gasteiger partial charge < -0.3 is 37.3 Å². The van der Waals surface area contributed by atoms with Crippen LogP contribution in [0.25, 0.3) is 0 Å². The molecule has 2 heterocycles. The first-order chi connectivity index (χ1) is 14.1. The van der Waals surface area contributed by atoms with Crippen molar-refractivity contribution in [3.8, 4) is 0 Å². The van der Waals surface area contributed by atoms with Gasteiger partial charge >= 0.3 is 11.7 Å². The van der Waals surface area contributed by atoms with E-state index < -0.39 is 42.0 Å². The summed E-state index contributed by atoms with van der Waals surface area (Å²) in [5.74, 6) is -1.84. The van der Waals surface area contributed by atoms with Crippen molar-refractivity contribution in [1.82, 2.24) is 19.8 Å². The lowest BCUT2D eigenvalue weighted by Gasteiger charge is -2.31. The Bertz CT molecular complexity index is 885. The number of carboxylic acids is 1. The third kappa shape index (κ3) is 6.02. The van der Waals surface area contributed by atoms with E-state index in [1.54, 1.807) is 7.05 Å². The molecule has 0 fully saturated rings. The lowest BCUT2D eigenvalue weighted by molar-refractivity contribution is -0.159. The molecule has 9 N–H and O–H groups in total. The number of nitrogen functional groups attached to an aromatic ring is 1. The van der Waals surface area contributed by atoms with Crippen molar-refractivity contribution >= 4 is 23.7 Å². The van der Waals surface area contributed by atoms with Crippen molar-refractivity contribution in [3.05, 3.63) is 34.9 Å². The van der Waals surface area contributed by atoms with Crippen molar-refractivity contribution in [1.29, 1.82) is 5.41 Å². The summed E-state index contributed by atoms with van der Waals surface area (Å²) in [7, 11) is 1.63. The van der Waals surface area contributed by atoms with Gasteiger partial charge in [-0.1, -0.05) is 6.08 Å². The number of carboxylic acid groups (broad SMARTS) is 1. The number of amides is 1. The second-order valence-electron chi connectivity index (χ2n) is 6.87. The molecule has 2 rings (SSSR count). The van der Waals surface area contributed by atoms with Crippen molar-refractivity contribution in [2.24, 2.45) is 11.5 Å². The molecule has 0 aliphatic carbocycles. The normalized spacial score (nSPS) is 21.6. The van der Waals surface area contributed by atoms with Crippen LogP contribution in [0.15, 0.2) is 29.2 Å². The van der Waals surface area contributed by atoms with Crippen LogP contribution in [-0.4, -0.2) is 69.2 Å². The lowest BCUT2D eigenvalue weighted by atomic mass is 10.1. The minimum absolute atomic E-state index is 0.0294. The van der Waals surface area contributed by atoms with Crippen LogP contribution in [0.1, 0.15) is 19.1 Å². The van der Waals surface area contributed by atoms with Crippen molar-refractivity contribution in [2.75, 3.05) is 19.3 Å². The highest BCUT2D eigenvalue weighted by atomic mass is 16.5. The monoisotopic (exact) mass is 422 g/mol. The maximum absolute atomic E-state index is 12.3. The van der Waals surface area contributed by atoms with Gasteiger partial charge in [0.15, 0.2) is 18.3 Å². The fourth-order valence-electron chi connectivity index (χ4n) is 2.77. The SMILES string of the molecule is CN(CC[C@@H](N)CC(=O)N[C@H]1C=C[C@H](n2ccc(N)nc2=O)O[C@@H]1C(=O)O)C(=N)N. The zero-order valence-corrected chi connectivity index (χ0v) is 16.4. The largest absolute Gasteiger partial charge is 0.479 e. The predicted molar refractivity (Wildman–Crippen MR) is 107 cm³/mol. The number of hydrogen-bond donors (Lipinski definition) is 6. The first kappa shape index (κ1) is 22.8. The number of nitrogens with zero attached hydrogens (tertiary/aromatic N) is 3. The molecule has 4 atom stereocenters. The molecule has 0 aromatic carbocycles. The summed E-state index contributed by atoms with van der Waals surface area (Å²) in [6, 6.07) is -0.0702. The number of guanidine groups is 1. The van der Waals surface area contributed by atoms with Crippen LogP contribution in [-0.2, 0) is 14.3 Å². The molecular formula is C17H26N8O5. The summed E-state index contributed by atoms with van der Waals surface area (Å²) in [5.41, 5.74) is 16.0. The van der Waals surface area contributed by atoms with E-state index in [1.165, 1.54) is 29.3 Å². The molecule has 164 valence electrons. The van der Waals surface area contributed by atoms with Gasteiger partial charge in [-0.25, -0.2) is 9.59 Å². The Morgan fingerprint density at radius 2 is 2.17 bits per heavy atom. The summed E-state index contributed by atoms with van der Waals surface area (Å²) >= 11 is 0. The number of nitrogens with one attached hydrogen (secondary N) is 2. The van der Waals surface area contributed by atoms with E-state index >= 15 is 0 Å². The molecule has 1 aromatic heterocycles. The highest BCUT2D eigenvalue weighted by Crippen LogP contribution is 2.20. The number of anilines is 1. The number of aromatic nitrogens is 2. The summed E-state index contributed by atoms with van der Waals surface area (Å²) in [5, 5.41) is 19.4. The van der Waals surface area contributed by atoms with Crippen molar-refractivity contribution < 1.29 is 19.4 Å². The van der Waals surface area contributed by atoms with Crippen LogP contribution in [0.3, 0.4) is 0 Å². The fraction of sp³-hybridized carbons (Fsp3) is 0.471. The number of hydrogen-bond acceptors (Lipinski definition) is 8. The molecule has 30 heavy (non-hydrogen) atoms. The van der Waals surface area contributed by atoms with E-state index in [4.69, 9.17) is 27.3 Å². The Labute approximate surface area is 172 Å². The summed E-state index contributed by atoms with van der Waals surface area (Å²) in [4.78, 5) is 40.9. The summed E-state index contributed by atoms with van der Waals surface area (Å²) < 4.78 is 6.57. The molecule has 0 unspecified atom stereocenters. The Kier molecular flexibility index (Phi) is 7.49. The van der Waals surface area contributed by atoms with E-state index in [1.807, 2.05) is 0 Å². The molecule has 0 saturated carbocycles. The van der Waals surface area contributed by atoms with E-state index in [9.17, 15) is 19.5 Å². The smallest absolute Gasteiger partial charge is 0.351 e. The van der Waals surface area contributed by atoms with Crippen LogP contribution in [0.2, 0.25) is 0 Å². The molecule has 1 amide bonds. The topological polar surface area (TPSA) is 216 Å². The van der Waals surface area contributed by atoms with Crippen LogP contribution < -0.4 is 28.2 Å². The quantitative estimate of drug-likeness (QED) is 0.151. The Morgan fingerprint density at radius 3 is 2.77 bits per heavy atom. The van der Waals surface area contributed by atoms with Crippen LogP contribution in [0.5, 0.6) is 0 Å². The highest BCUT2D eigenvalue weighted by molar-refractivity contribution is 5.80. The zero-order chi connectivity index (χ0) is 22.4. The summed E-state index contributed by atoms with van der Waals surface area (Å²) in [6.45, 7) is 0.403. The Balaban J connectivity index is 2.01. The molecule has 0 saturated heterocycles. The molecule has 13 nitrogen and oxygen atoms in total. The number of aliphatic carboxylic acids is 1. The minimum atomic E-state index is -1.42. The number of nitrogens with two attached hydrogens (primary N) is 3. The zero-order valence-electron chi connectivity index (χ0n) is 16.4. The molecule has 13 heteroatoms. The number of rotatable bonds is 8. The highest BCUT2D eigenvalue weighted by Gasteiger charge is 2.35. The second kappa shape index (κ2) is 9.84. The van der Waals surface area contributed by atoms with E-state index in [0.717, 1.165) is 4.57 Å².